The lowest BCUT2D eigenvalue weighted by Crippen LogP contribution is -2.33. The highest BCUT2D eigenvalue weighted by Crippen LogP contribution is 2.31. The van der Waals surface area contributed by atoms with Gasteiger partial charge in [0.15, 0.2) is 5.13 Å². The molecule has 0 saturated carbocycles. The summed E-state index contributed by atoms with van der Waals surface area (Å²) in [6.07, 6.45) is -0.255. The number of nitrogens with one attached hydrogen (secondary N) is 1. The van der Waals surface area contributed by atoms with Crippen LogP contribution >= 0.6 is 11.3 Å². The maximum absolute atomic E-state index is 12.5. The minimum atomic E-state index is -3.97. The first-order chi connectivity index (χ1) is 13.8. The SMILES string of the molecule is O=C(CCN1C(=O)c2ccccc2S1(=O)=O)Nc1nc2ccc([N+](=O)[O-])cc2s1. The second kappa shape index (κ2) is 6.90. The fraction of sp³-hybridized carbons (Fsp3) is 0.118. The number of hydrogen-bond acceptors (Lipinski definition) is 8. The smallest absolute Gasteiger partial charge is 0.270 e. The topological polar surface area (TPSA) is 140 Å². The highest BCUT2D eigenvalue weighted by molar-refractivity contribution is 7.90. The van der Waals surface area contributed by atoms with Crippen molar-refractivity contribution in [3.63, 3.8) is 0 Å². The van der Waals surface area contributed by atoms with Crippen molar-refractivity contribution in [2.45, 2.75) is 11.3 Å². The summed E-state index contributed by atoms with van der Waals surface area (Å²) in [5, 5.41) is 13.6. The largest absolute Gasteiger partial charge is 0.302 e. The van der Waals surface area contributed by atoms with Gasteiger partial charge < -0.3 is 5.32 Å². The minimum absolute atomic E-state index is 0.0711. The number of sulfonamides is 1. The molecular formula is C17H12N4O6S2. The Morgan fingerprint density at radius 2 is 2.00 bits per heavy atom. The Labute approximate surface area is 168 Å². The third kappa shape index (κ3) is 3.32. The van der Waals surface area contributed by atoms with Crippen LogP contribution in [0.15, 0.2) is 47.4 Å². The van der Waals surface area contributed by atoms with E-state index in [0.29, 0.717) is 14.5 Å². The third-order valence-corrected chi connectivity index (χ3v) is 7.06. The first kappa shape index (κ1) is 19.0. The molecule has 0 saturated heterocycles. The first-order valence-corrected chi connectivity index (χ1v) is 10.5. The molecule has 1 aliphatic heterocycles. The number of non-ortho nitro benzene ring substituents is 1. The maximum Gasteiger partial charge on any atom is 0.270 e. The van der Waals surface area contributed by atoms with Gasteiger partial charge in [-0.15, -0.1) is 0 Å². The van der Waals surface area contributed by atoms with Gasteiger partial charge in [-0.05, 0) is 18.2 Å². The summed E-state index contributed by atoms with van der Waals surface area (Å²) in [6.45, 7) is -0.307. The van der Waals surface area contributed by atoms with Gasteiger partial charge in [-0.25, -0.2) is 17.7 Å². The van der Waals surface area contributed by atoms with Crippen molar-refractivity contribution < 1.29 is 22.9 Å². The number of carbonyl (C=O) groups is 2. The molecule has 2 heterocycles. The van der Waals surface area contributed by atoms with Gasteiger partial charge in [-0.2, -0.15) is 0 Å². The summed E-state index contributed by atoms with van der Waals surface area (Å²) in [7, 11) is -3.97. The van der Waals surface area contributed by atoms with Gasteiger partial charge in [0.05, 0.1) is 20.7 Å². The lowest BCUT2D eigenvalue weighted by atomic mass is 10.2. The molecule has 0 fully saturated rings. The van der Waals surface area contributed by atoms with E-state index >= 15 is 0 Å². The molecule has 0 aliphatic carbocycles. The van der Waals surface area contributed by atoms with Crippen molar-refractivity contribution in [2.75, 3.05) is 11.9 Å². The summed E-state index contributed by atoms with van der Waals surface area (Å²) < 4.78 is 26.2. The molecule has 4 rings (SSSR count). The predicted molar refractivity (Wildman–Crippen MR) is 104 cm³/mol. The normalized spacial score (nSPS) is 14.8. The van der Waals surface area contributed by atoms with Crippen LogP contribution in [0.2, 0.25) is 0 Å². The number of fused-ring (bicyclic) bond motifs is 2. The Balaban J connectivity index is 1.45. The highest BCUT2D eigenvalue weighted by atomic mass is 32.2. The molecule has 3 aromatic rings. The van der Waals surface area contributed by atoms with Crippen LogP contribution in [-0.2, 0) is 14.8 Å². The Kier molecular flexibility index (Phi) is 4.51. The maximum atomic E-state index is 12.5. The summed E-state index contributed by atoms with van der Waals surface area (Å²) in [6, 6.07) is 10.0. The second-order valence-electron chi connectivity index (χ2n) is 6.10. The van der Waals surface area contributed by atoms with E-state index in [1.165, 1.54) is 36.4 Å². The second-order valence-corrected chi connectivity index (χ2v) is 8.97. The van der Waals surface area contributed by atoms with Gasteiger partial charge in [0.25, 0.3) is 21.6 Å². The predicted octanol–water partition coefficient (Wildman–Crippen LogP) is 2.38. The van der Waals surface area contributed by atoms with E-state index in [-0.39, 0.29) is 34.2 Å². The van der Waals surface area contributed by atoms with Crippen molar-refractivity contribution in [3.05, 3.63) is 58.1 Å². The van der Waals surface area contributed by atoms with Crippen LogP contribution in [0.5, 0.6) is 0 Å². The standard InChI is InChI=1S/C17H12N4O6S2/c22-15(19-17-18-12-6-5-10(21(24)25)9-13(12)28-17)7-8-20-16(23)11-3-1-2-4-14(11)29(20,26)27/h1-6,9H,7-8H2,(H,18,19,22). The van der Waals surface area contributed by atoms with Gasteiger partial charge in [-0.3, -0.25) is 19.7 Å². The number of benzene rings is 2. The third-order valence-electron chi connectivity index (χ3n) is 4.28. The molecular weight excluding hydrogens is 420 g/mol. The van der Waals surface area contributed by atoms with Crippen LogP contribution in [0, 0.1) is 10.1 Å². The first-order valence-electron chi connectivity index (χ1n) is 8.28. The lowest BCUT2D eigenvalue weighted by Gasteiger charge is -2.14. The zero-order valence-corrected chi connectivity index (χ0v) is 16.2. The number of nitro groups is 1. The fourth-order valence-corrected chi connectivity index (χ4v) is 5.40. The molecule has 1 N–H and O–H groups in total. The number of aromatic nitrogens is 1. The monoisotopic (exact) mass is 432 g/mol. The van der Waals surface area contributed by atoms with Crippen LogP contribution in [0.1, 0.15) is 16.8 Å². The molecule has 12 heteroatoms. The molecule has 2 amide bonds. The summed E-state index contributed by atoms with van der Waals surface area (Å²) in [4.78, 5) is 39.0. The number of rotatable bonds is 5. The molecule has 29 heavy (non-hydrogen) atoms. The number of carbonyl (C=O) groups excluding carboxylic acids is 2. The quantitative estimate of drug-likeness (QED) is 0.482. The zero-order chi connectivity index (χ0) is 20.8. The fourth-order valence-electron chi connectivity index (χ4n) is 2.92. The van der Waals surface area contributed by atoms with Crippen molar-refractivity contribution >= 4 is 54.2 Å². The average molecular weight is 432 g/mol. The van der Waals surface area contributed by atoms with Gasteiger partial charge in [0, 0.05) is 25.1 Å². The lowest BCUT2D eigenvalue weighted by molar-refractivity contribution is -0.384. The van der Waals surface area contributed by atoms with Crippen LogP contribution in [0.4, 0.5) is 10.8 Å². The van der Waals surface area contributed by atoms with Crippen LogP contribution < -0.4 is 5.32 Å². The molecule has 1 aromatic heterocycles. The molecule has 0 bridgehead atoms. The molecule has 0 radical (unpaired) electrons. The average Bonchev–Trinajstić information content (AvgIpc) is 3.16. The van der Waals surface area contributed by atoms with Crippen molar-refractivity contribution in [1.82, 2.24) is 9.29 Å². The van der Waals surface area contributed by atoms with E-state index in [0.717, 1.165) is 11.3 Å². The summed E-state index contributed by atoms with van der Waals surface area (Å²) in [5.41, 5.74) is 0.487. The van der Waals surface area contributed by atoms with Gasteiger partial charge >= 0.3 is 0 Å². The van der Waals surface area contributed by atoms with E-state index in [1.807, 2.05) is 0 Å². The van der Waals surface area contributed by atoms with E-state index in [9.17, 15) is 28.1 Å². The number of thiazole rings is 1. The molecule has 10 nitrogen and oxygen atoms in total. The highest BCUT2D eigenvalue weighted by Gasteiger charge is 2.40. The van der Waals surface area contributed by atoms with Crippen molar-refractivity contribution in [2.24, 2.45) is 0 Å². The molecule has 148 valence electrons. The van der Waals surface area contributed by atoms with Crippen molar-refractivity contribution in [3.8, 4) is 0 Å². The van der Waals surface area contributed by atoms with Crippen LogP contribution in [0.25, 0.3) is 10.2 Å². The van der Waals surface area contributed by atoms with E-state index in [4.69, 9.17) is 0 Å². The zero-order valence-electron chi connectivity index (χ0n) is 14.6. The Hall–Kier alpha value is -3.38. The number of hydrogen-bond donors (Lipinski definition) is 1. The van der Waals surface area contributed by atoms with Gasteiger partial charge in [0.2, 0.25) is 5.91 Å². The van der Waals surface area contributed by atoms with Gasteiger partial charge in [-0.1, -0.05) is 23.5 Å². The van der Waals surface area contributed by atoms with Crippen LogP contribution in [0.3, 0.4) is 0 Å². The Morgan fingerprint density at radius 3 is 2.72 bits per heavy atom. The van der Waals surface area contributed by atoms with E-state index in [2.05, 4.69) is 10.3 Å². The summed E-state index contributed by atoms with van der Waals surface area (Å²) >= 11 is 1.06. The van der Waals surface area contributed by atoms with E-state index < -0.39 is 26.8 Å². The number of anilines is 1. The number of nitrogens with zero attached hydrogens (tertiary/aromatic N) is 3. The molecule has 2 aromatic carbocycles. The number of amides is 2. The summed E-state index contributed by atoms with van der Waals surface area (Å²) in [5.74, 6) is -1.20. The number of nitro benzene ring substituents is 1. The Morgan fingerprint density at radius 1 is 1.24 bits per heavy atom. The molecule has 1 aliphatic rings. The molecule has 0 atom stereocenters. The minimum Gasteiger partial charge on any atom is -0.302 e. The molecule has 0 spiro atoms. The molecule has 0 unspecified atom stereocenters. The van der Waals surface area contributed by atoms with Crippen LogP contribution in [-0.4, -0.2) is 41.0 Å². The van der Waals surface area contributed by atoms with Gasteiger partial charge in [0.1, 0.15) is 4.90 Å². The van der Waals surface area contributed by atoms with E-state index in [1.54, 1.807) is 6.07 Å². The van der Waals surface area contributed by atoms with Crippen molar-refractivity contribution in [1.29, 1.82) is 0 Å². The Bertz CT molecular complexity index is 1280.